The highest BCUT2D eigenvalue weighted by molar-refractivity contribution is 7.77. The molecule has 5 heteroatoms. The van der Waals surface area contributed by atoms with Gasteiger partial charge in [-0.25, -0.2) is 0 Å². The molecule has 0 aliphatic carbocycles. The van der Waals surface area contributed by atoms with Crippen molar-refractivity contribution in [1.29, 1.82) is 0 Å². The third-order valence-electron chi connectivity index (χ3n) is 5.90. The number of hydrogen-bond donors (Lipinski definition) is 4. The summed E-state index contributed by atoms with van der Waals surface area (Å²) in [7, 11) is 1.96. The SMILES string of the molecule is C=S.CNc1ccc(C(C)(C)C(C)(C)C2CNCCNCCN2)cc1. The molecule has 1 aromatic rings. The molecular weight excluding hydrogens is 328 g/mol. The lowest BCUT2D eigenvalue weighted by Gasteiger charge is -2.48. The first-order valence-corrected chi connectivity index (χ1v) is 9.69. The van der Waals surface area contributed by atoms with E-state index in [0.29, 0.717) is 6.04 Å². The molecule has 0 bridgehead atoms. The zero-order valence-corrected chi connectivity index (χ0v) is 17.4. The summed E-state index contributed by atoms with van der Waals surface area (Å²) >= 11 is 3.83. The van der Waals surface area contributed by atoms with E-state index in [4.69, 9.17) is 0 Å². The number of nitrogens with one attached hydrogen (secondary N) is 4. The van der Waals surface area contributed by atoms with Crippen LogP contribution in [-0.4, -0.2) is 51.7 Å². The summed E-state index contributed by atoms with van der Waals surface area (Å²) in [6.45, 7) is 14.7. The van der Waals surface area contributed by atoms with Gasteiger partial charge in [-0.2, -0.15) is 0 Å². The average molecular weight is 365 g/mol. The molecule has 0 aromatic heterocycles. The Labute approximate surface area is 159 Å². The average Bonchev–Trinajstić information content (AvgIpc) is 2.77. The Hall–Kier alpha value is -1.01. The Morgan fingerprint density at radius 2 is 1.52 bits per heavy atom. The highest BCUT2D eigenvalue weighted by atomic mass is 32.1. The number of thiocarbonyl (C=S) groups is 1. The molecule has 1 aromatic carbocycles. The molecule has 0 radical (unpaired) electrons. The summed E-state index contributed by atoms with van der Waals surface area (Å²) in [5.74, 6) is 2.83. The van der Waals surface area contributed by atoms with Gasteiger partial charge in [0.05, 0.1) is 0 Å². The molecule has 142 valence electrons. The van der Waals surface area contributed by atoms with E-state index in [1.807, 2.05) is 7.05 Å². The molecule has 0 saturated carbocycles. The van der Waals surface area contributed by atoms with Gasteiger partial charge in [-0.05, 0) is 34.4 Å². The predicted octanol–water partition coefficient (Wildman–Crippen LogP) is 2.80. The van der Waals surface area contributed by atoms with Gasteiger partial charge in [0.25, 0.3) is 0 Å². The molecule has 1 aliphatic heterocycles. The minimum absolute atomic E-state index is 0.0695. The maximum atomic E-state index is 3.83. The summed E-state index contributed by atoms with van der Waals surface area (Å²) in [4.78, 5) is 0. The number of rotatable bonds is 4. The van der Waals surface area contributed by atoms with E-state index in [1.165, 1.54) is 5.56 Å². The lowest BCUT2D eigenvalue weighted by atomic mass is 9.60. The first-order valence-electron chi connectivity index (χ1n) is 9.11. The fourth-order valence-corrected chi connectivity index (χ4v) is 3.33. The maximum Gasteiger partial charge on any atom is 0.0337 e. The second-order valence-electron chi connectivity index (χ2n) is 7.63. The number of anilines is 1. The van der Waals surface area contributed by atoms with E-state index in [0.717, 1.165) is 38.4 Å². The third kappa shape index (κ3) is 5.48. The predicted molar refractivity (Wildman–Crippen MR) is 115 cm³/mol. The second-order valence-corrected chi connectivity index (χ2v) is 7.63. The van der Waals surface area contributed by atoms with E-state index in [9.17, 15) is 0 Å². The first-order chi connectivity index (χ1) is 11.9. The minimum Gasteiger partial charge on any atom is -0.388 e. The van der Waals surface area contributed by atoms with Crippen molar-refractivity contribution in [3.05, 3.63) is 29.8 Å². The van der Waals surface area contributed by atoms with Gasteiger partial charge >= 0.3 is 0 Å². The van der Waals surface area contributed by atoms with Crippen LogP contribution in [0.25, 0.3) is 0 Å². The van der Waals surface area contributed by atoms with Crippen molar-refractivity contribution in [1.82, 2.24) is 16.0 Å². The molecule has 1 heterocycles. The van der Waals surface area contributed by atoms with Crippen molar-refractivity contribution in [3.8, 4) is 0 Å². The molecule has 1 unspecified atom stereocenters. The van der Waals surface area contributed by atoms with Gasteiger partial charge in [0.2, 0.25) is 0 Å². The molecule has 0 amide bonds. The molecule has 1 fully saturated rings. The Balaban J connectivity index is 0.00000151. The van der Waals surface area contributed by atoms with Gasteiger partial charge in [0, 0.05) is 51.5 Å². The molecule has 1 atom stereocenters. The number of hydrogen-bond acceptors (Lipinski definition) is 5. The lowest BCUT2D eigenvalue weighted by Crippen LogP contribution is -2.56. The molecule has 1 aliphatic rings. The lowest BCUT2D eigenvalue weighted by molar-refractivity contribution is 0.128. The molecule has 4 nitrogen and oxygen atoms in total. The molecular formula is C20H36N4S. The summed E-state index contributed by atoms with van der Waals surface area (Å²) in [5.41, 5.74) is 2.74. The quantitative estimate of drug-likeness (QED) is 0.619. The fraction of sp³-hybridized carbons (Fsp3) is 0.650. The van der Waals surface area contributed by atoms with E-state index in [2.05, 4.69) is 91.3 Å². The largest absolute Gasteiger partial charge is 0.388 e. The van der Waals surface area contributed by atoms with Gasteiger partial charge in [-0.1, -0.05) is 52.0 Å². The van der Waals surface area contributed by atoms with E-state index in [-0.39, 0.29) is 10.8 Å². The Kier molecular flexibility index (Phi) is 9.00. The Bertz CT molecular complexity index is 489. The van der Waals surface area contributed by atoms with E-state index >= 15 is 0 Å². The van der Waals surface area contributed by atoms with Crippen LogP contribution in [0.1, 0.15) is 33.3 Å². The molecule has 25 heavy (non-hydrogen) atoms. The second kappa shape index (κ2) is 10.2. The van der Waals surface area contributed by atoms with Crippen LogP contribution in [0.15, 0.2) is 24.3 Å². The zero-order valence-electron chi connectivity index (χ0n) is 16.5. The van der Waals surface area contributed by atoms with Crippen LogP contribution >= 0.6 is 12.2 Å². The monoisotopic (exact) mass is 364 g/mol. The highest BCUT2D eigenvalue weighted by Crippen LogP contribution is 2.44. The zero-order chi connectivity index (χ0) is 18.9. The van der Waals surface area contributed by atoms with Crippen LogP contribution in [0, 0.1) is 5.41 Å². The van der Waals surface area contributed by atoms with Gasteiger partial charge in [-0.3, -0.25) is 0 Å². The van der Waals surface area contributed by atoms with Crippen LogP contribution < -0.4 is 21.3 Å². The van der Waals surface area contributed by atoms with Gasteiger partial charge < -0.3 is 21.3 Å². The normalized spacial score (nSPS) is 19.6. The van der Waals surface area contributed by atoms with Crippen molar-refractivity contribution < 1.29 is 0 Å². The Morgan fingerprint density at radius 1 is 0.960 bits per heavy atom. The summed E-state index contributed by atoms with van der Waals surface area (Å²) in [6, 6.07) is 9.30. The minimum atomic E-state index is 0.0695. The first kappa shape index (κ1) is 22.0. The maximum absolute atomic E-state index is 3.83. The fourth-order valence-electron chi connectivity index (χ4n) is 3.33. The highest BCUT2D eigenvalue weighted by Gasteiger charge is 2.43. The standard InChI is InChI=1S/C19H34N4.CH2S/c1-18(2,15-6-8-16(20-5)9-7-15)19(3,4)17-14-22-11-10-21-12-13-23-17;1-2/h6-9,17,20-23H,10-14H2,1-5H3;1H2. The van der Waals surface area contributed by atoms with Crippen LogP contribution in [0.3, 0.4) is 0 Å². The van der Waals surface area contributed by atoms with Crippen molar-refractivity contribution in [2.75, 3.05) is 45.1 Å². The van der Waals surface area contributed by atoms with Gasteiger partial charge in [0.1, 0.15) is 0 Å². The number of benzene rings is 1. The smallest absolute Gasteiger partial charge is 0.0337 e. The summed E-state index contributed by atoms with van der Waals surface area (Å²) < 4.78 is 0. The van der Waals surface area contributed by atoms with Crippen molar-refractivity contribution >= 4 is 23.8 Å². The molecule has 4 N–H and O–H groups in total. The van der Waals surface area contributed by atoms with Crippen LogP contribution in [0.5, 0.6) is 0 Å². The van der Waals surface area contributed by atoms with Crippen molar-refractivity contribution in [2.24, 2.45) is 5.41 Å². The molecule has 2 rings (SSSR count). The van der Waals surface area contributed by atoms with Crippen LogP contribution in [0.2, 0.25) is 0 Å². The van der Waals surface area contributed by atoms with Crippen molar-refractivity contribution in [2.45, 2.75) is 39.2 Å². The van der Waals surface area contributed by atoms with E-state index < -0.39 is 0 Å². The Morgan fingerprint density at radius 3 is 2.12 bits per heavy atom. The third-order valence-corrected chi connectivity index (χ3v) is 5.90. The van der Waals surface area contributed by atoms with Gasteiger partial charge in [-0.15, -0.1) is 0 Å². The topological polar surface area (TPSA) is 48.1 Å². The van der Waals surface area contributed by atoms with Crippen molar-refractivity contribution in [3.63, 3.8) is 0 Å². The van der Waals surface area contributed by atoms with Crippen LogP contribution in [-0.2, 0) is 5.41 Å². The molecule has 0 spiro atoms. The van der Waals surface area contributed by atoms with E-state index in [1.54, 1.807) is 0 Å². The summed E-state index contributed by atoms with van der Waals surface area (Å²) in [5, 5.41) is 14.0. The summed E-state index contributed by atoms with van der Waals surface area (Å²) in [6.07, 6.45) is 0. The van der Waals surface area contributed by atoms with Gasteiger partial charge in [0.15, 0.2) is 0 Å². The van der Waals surface area contributed by atoms with Crippen LogP contribution in [0.4, 0.5) is 5.69 Å². The molecule has 1 saturated heterocycles.